The van der Waals surface area contributed by atoms with E-state index in [2.05, 4.69) is 4.72 Å². The van der Waals surface area contributed by atoms with Crippen LogP contribution in [0, 0.1) is 6.92 Å². The number of hydrogen-bond acceptors (Lipinski definition) is 6. The second-order valence-corrected chi connectivity index (χ2v) is 11.7. The maximum atomic E-state index is 13.3. The van der Waals surface area contributed by atoms with E-state index in [-0.39, 0.29) is 27.1 Å². The number of rotatable bonds is 8. The monoisotopic (exact) mass is 482 g/mol. The van der Waals surface area contributed by atoms with Gasteiger partial charge in [0.25, 0.3) is 10.0 Å². The van der Waals surface area contributed by atoms with E-state index in [1.807, 2.05) is 13.8 Å². The summed E-state index contributed by atoms with van der Waals surface area (Å²) in [6.45, 7) is 6.50. The van der Waals surface area contributed by atoms with E-state index in [0.29, 0.717) is 24.4 Å². The van der Waals surface area contributed by atoms with Gasteiger partial charge in [0.1, 0.15) is 11.5 Å². The minimum absolute atomic E-state index is 0.0206. The predicted octanol–water partition coefficient (Wildman–Crippen LogP) is 3.72. The Bertz CT molecular complexity index is 1200. The molecule has 10 heteroatoms. The normalized spacial score (nSPS) is 15.2. The van der Waals surface area contributed by atoms with E-state index in [4.69, 9.17) is 9.47 Å². The number of nitrogens with zero attached hydrogens (tertiary/aromatic N) is 1. The summed E-state index contributed by atoms with van der Waals surface area (Å²) >= 11 is 0. The molecule has 0 aliphatic carbocycles. The Morgan fingerprint density at radius 3 is 2.12 bits per heavy atom. The molecule has 3 rings (SSSR count). The van der Waals surface area contributed by atoms with Crippen molar-refractivity contribution in [3.8, 4) is 11.5 Å². The van der Waals surface area contributed by atoms with E-state index < -0.39 is 20.0 Å². The molecule has 0 aromatic heterocycles. The van der Waals surface area contributed by atoms with Gasteiger partial charge in [0.15, 0.2) is 0 Å². The predicted molar refractivity (Wildman–Crippen MR) is 124 cm³/mol. The fraction of sp³-hybridized carbons (Fsp3) is 0.455. The van der Waals surface area contributed by atoms with Crippen molar-refractivity contribution in [3.63, 3.8) is 0 Å². The van der Waals surface area contributed by atoms with Crippen molar-refractivity contribution in [2.24, 2.45) is 0 Å². The first-order valence-corrected chi connectivity index (χ1v) is 13.3. The highest BCUT2D eigenvalue weighted by Gasteiger charge is 2.29. The van der Waals surface area contributed by atoms with Gasteiger partial charge in [0, 0.05) is 13.1 Å². The van der Waals surface area contributed by atoms with Crippen LogP contribution >= 0.6 is 0 Å². The van der Waals surface area contributed by atoms with E-state index in [0.717, 1.165) is 18.4 Å². The molecule has 1 aliphatic heterocycles. The third-order valence-corrected chi connectivity index (χ3v) is 8.96. The zero-order valence-electron chi connectivity index (χ0n) is 19.0. The van der Waals surface area contributed by atoms with Crippen LogP contribution in [0.3, 0.4) is 0 Å². The quantitative estimate of drug-likeness (QED) is 0.615. The molecule has 1 N–H and O–H groups in total. The Balaban J connectivity index is 2.05. The fourth-order valence-electron chi connectivity index (χ4n) is 3.80. The first-order valence-electron chi connectivity index (χ1n) is 10.4. The van der Waals surface area contributed by atoms with Gasteiger partial charge in [-0.15, -0.1) is 0 Å². The van der Waals surface area contributed by atoms with Crippen LogP contribution in [0.4, 0.5) is 5.69 Å². The minimum atomic E-state index is -4.03. The molecule has 8 nitrogen and oxygen atoms in total. The highest BCUT2D eigenvalue weighted by molar-refractivity contribution is 7.92. The van der Waals surface area contributed by atoms with E-state index in [1.54, 1.807) is 26.2 Å². The molecular weight excluding hydrogens is 452 g/mol. The van der Waals surface area contributed by atoms with Crippen molar-refractivity contribution >= 4 is 25.7 Å². The van der Waals surface area contributed by atoms with Crippen molar-refractivity contribution in [1.82, 2.24) is 4.31 Å². The number of nitrogens with one attached hydrogen (secondary N) is 1. The number of hydrogen-bond donors (Lipinski definition) is 1. The molecule has 1 heterocycles. The number of methoxy groups -OCH3 is 2. The van der Waals surface area contributed by atoms with E-state index in [1.165, 1.54) is 29.6 Å². The number of anilines is 1. The van der Waals surface area contributed by atoms with Crippen LogP contribution in [0.25, 0.3) is 0 Å². The van der Waals surface area contributed by atoms with Gasteiger partial charge in [0.2, 0.25) is 10.0 Å². The third kappa shape index (κ3) is 4.72. The lowest BCUT2D eigenvalue weighted by Gasteiger charge is -2.19. The number of aryl methyl sites for hydroxylation is 1. The number of ether oxygens (including phenoxy) is 2. The minimum Gasteiger partial charge on any atom is -0.496 e. The van der Waals surface area contributed by atoms with Crippen LogP contribution in [0.5, 0.6) is 11.5 Å². The summed E-state index contributed by atoms with van der Waals surface area (Å²) in [5.41, 5.74) is 1.34. The van der Waals surface area contributed by atoms with Crippen molar-refractivity contribution in [2.45, 2.75) is 49.3 Å². The second kappa shape index (κ2) is 9.29. The summed E-state index contributed by atoms with van der Waals surface area (Å²) in [6.07, 6.45) is 1.62. The van der Waals surface area contributed by atoms with Crippen LogP contribution in [-0.4, -0.2) is 48.4 Å². The topological polar surface area (TPSA) is 102 Å². The van der Waals surface area contributed by atoms with Gasteiger partial charge in [-0.1, -0.05) is 13.8 Å². The SMILES string of the molecule is COc1ccc(S(=O)(=O)N2CCCC2)cc1NS(=O)(=O)c1cc(C(C)C)c(OC)cc1C. The molecule has 0 bridgehead atoms. The van der Waals surface area contributed by atoms with Crippen LogP contribution in [0.15, 0.2) is 40.1 Å². The highest BCUT2D eigenvalue weighted by Crippen LogP contribution is 2.35. The molecule has 0 unspecified atom stereocenters. The number of sulfonamides is 2. The third-order valence-electron chi connectivity index (χ3n) is 5.56. The Kier molecular flexibility index (Phi) is 7.06. The molecule has 0 atom stereocenters. The van der Waals surface area contributed by atoms with Gasteiger partial charge < -0.3 is 9.47 Å². The Hall–Kier alpha value is -2.30. The summed E-state index contributed by atoms with van der Waals surface area (Å²) in [5, 5.41) is 0. The van der Waals surface area contributed by atoms with Crippen LogP contribution in [-0.2, 0) is 20.0 Å². The molecule has 2 aromatic carbocycles. The molecular formula is C22H30N2O6S2. The Morgan fingerprint density at radius 2 is 1.56 bits per heavy atom. The first-order chi connectivity index (χ1) is 15.0. The van der Waals surface area contributed by atoms with Crippen LogP contribution in [0.2, 0.25) is 0 Å². The van der Waals surface area contributed by atoms with Crippen LogP contribution < -0.4 is 14.2 Å². The van der Waals surface area contributed by atoms with Gasteiger partial charge in [-0.25, -0.2) is 16.8 Å². The molecule has 0 amide bonds. The fourth-order valence-corrected chi connectivity index (χ4v) is 6.67. The van der Waals surface area contributed by atoms with Gasteiger partial charge in [-0.3, -0.25) is 4.72 Å². The van der Waals surface area contributed by atoms with Gasteiger partial charge in [0.05, 0.1) is 29.7 Å². The molecule has 1 saturated heterocycles. The molecule has 0 saturated carbocycles. The van der Waals surface area contributed by atoms with Gasteiger partial charge >= 0.3 is 0 Å². The standard InChI is InChI=1S/C22H30N2O6S2/c1-15(2)18-14-22(16(3)12-21(18)30-5)31(25,26)23-19-13-17(8-9-20(19)29-4)32(27,28)24-10-6-7-11-24/h8-9,12-15,23H,6-7,10-11H2,1-5H3. The Labute approximate surface area is 190 Å². The lowest BCUT2D eigenvalue weighted by molar-refractivity contribution is 0.406. The van der Waals surface area contributed by atoms with Gasteiger partial charge in [-0.2, -0.15) is 4.31 Å². The number of benzene rings is 2. The first kappa shape index (κ1) is 24.3. The summed E-state index contributed by atoms with van der Waals surface area (Å²) in [4.78, 5) is 0.115. The molecule has 1 fully saturated rings. The maximum Gasteiger partial charge on any atom is 0.262 e. The zero-order valence-corrected chi connectivity index (χ0v) is 20.6. The Morgan fingerprint density at radius 1 is 0.938 bits per heavy atom. The molecule has 32 heavy (non-hydrogen) atoms. The van der Waals surface area contributed by atoms with Crippen molar-refractivity contribution in [2.75, 3.05) is 32.0 Å². The average molecular weight is 483 g/mol. The van der Waals surface area contributed by atoms with E-state index in [9.17, 15) is 16.8 Å². The van der Waals surface area contributed by atoms with Crippen LogP contribution in [0.1, 0.15) is 43.7 Å². The lowest BCUT2D eigenvalue weighted by Crippen LogP contribution is -2.28. The molecule has 1 aliphatic rings. The lowest BCUT2D eigenvalue weighted by atomic mass is 10.0. The van der Waals surface area contributed by atoms with E-state index >= 15 is 0 Å². The summed E-state index contributed by atoms with van der Waals surface area (Å²) < 4.78 is 67.2. The summed E-state index contributed by atoms with van der Waals surface area (Å²) in [5.74, 6) is 0.889. The summed E-state index contributed by atoms with van der Waals surface area (Å²) in [7, 11) is -4.80. The highest BCUT2D eigenvalue weighted by atomic mass is 32.2. The largest absolute Gasteiger partial charge is 0.496 e. The van der Waals surface area contributed by atoms with Crippen molar-refractivity contribution in [3.05, 3.63) is 41.5 Å². The summed E-state index contributed by atoms with van der Waals surface area (Å²) in [6, 6.07) is 7.49. The molecule has 2 aromatic rings. The van der Waals surface area contributed by atoms with Crippen molar-refractivity contribution < 1.29 is 26.3 Å². The van der Waals surface area contributed by atoms with Crippen molar-refractivity contribution in [1.29, 1.82) is 0 Å². The smallest absolute Gasteiger partial charge is 0.262 e. The molecule has 176 valence electrons. The second-order valence-electron chi connectivity index (χ2n) is 8.09. The zero-order chi connectivity index (χ0) is 23.7. The average Bonchev–Trinajstić information content (AvgIpc) is 3.28. The maximum absolute atomic E-state index is 13.3. The molecule has 0 radical (unpaired) electrons. The van der Waals surface area contributed by atoms with Gasteiger partial charge in [-0.05, 0) is 67.1 Å². The molecule has 0 spiro atoms.